The maximum absolute atomic E-state index is 12.2. The van der Waals surface area contributed by atoms with Crippen LogP contribution in [0.3, 0.4) is 0 Å². The number of carbonyl (C=O) groups is 1. The Hall–Kier alpha value is -0.840. The summed E-state index contributed by atoms with van der Waals surface area (Å²) in [6, 6.07) is 4.77. The van der Waals surface area contributed by atoms with Gasteiger partial charge in [-0.25, -0.2) is 0 Å². The van der Waals surface area contributed by atoms with Crippen LogP contribution in [0.5, 0.6) is 0 Å². The van der Waals surface area contributed by atoms with Crippen LogP contribution in [0.1, 0.15) is 29.6 Å². The summed E-state index contributed by atoms with van der Waals surface area (Å²) in [5.41, 5.74) is 6.14. The molecule has 0 heterocycles. The number of hydrogen-bond acceptors (Lipinski definition) is 2. The van der Waals surface area contributed by atoms with Gasteiger partial charge in [-0.15, -0.1) is 0 Å². The molecular formula is C13H14Cl2N2OS. The molecule has 0 bridgehead atoms. The lowest BCUT2D eigenvalue weighted by Crippen LogP contribution is -2.41. The van der Waals surface area contributed by atoms with Crippen molar-refractivity contribution in [3.8, 4) is 0 Å². The van der Waals surface area contributed by atoms with Crippen LogP contribution >= 0.6 is 35.4 Å². The lowest BCUT2D eigenvalue weighted by molar-refractivity contribution is 0.0934. The van der Waals surface area contributed by atoms with E-state index >= 15 is 0 Å². The van der Waals surface area contributed by atoms with E-state index in [9.17, 15) is 4.79 Å². The van der Waals surface area contributed by atoms with E-state index in [1.807, 2.05) is 0 Å². The zero-order chi connectivity index (χ0) is 14.0. The lowest BCUT2D eigenvalue weighted by atomic mass is 10.0. The summed E-state index contributed by atoms with van der Waals surface area (Å²) in [7, 11) is 0. The Balaban J connectivity index is 2.10. The van der Waals surface area contributed by atoms with Crippen LogP contribution in [0.2, 0.25) is 10.0 Å². The van der Waals surface area contributed by atoms with Gasteiger partial charge in [0.25, 0.3) is 5.91 Å². The molecule has 0 spiro atoms. The zero-order valence-electron chi connectivity index (χ0n) is 10.2. The number of nitrogens with one attached hydrogen (secondary N) is 1. The maximum atomic E-state index is 12.2. The molecular weight excluding hydrogens is 303 g/mol. The number of halogens is 2. The molecule has 1 aliphatic rings. The molecule has 3 nitrogen and oxygen atoms in total. The van der Waals surface area contributed by atoms with Crippen LogP contribution in [0, 0.1) is 5.92 Å². The summed E-state index contributed by atoms with van der Waals surface area (Å²) in [5.74, 6) is -0.119. The van der Waals surface area contributed by atoms with Crippen molar-refractivity contribution < 1.29 is 4.79 Å². The molecule has 0 saturated heterocycles. The summed E-state index contributed by atoms with van der Waals surface area (Å²) in [6.45, 7) is 0. The molecule has 1 aliphatic carbocycles. The fraction of sp³-hybridized carbons (Fsp3) is 0.385. The molecule has 1 amide bonds. The van der Waals surface area contributed by atoms with Crippen molar-refractivity contribution in [1.29, 1.82) is 0 Å². The van der Waals surface area contributed by atoms with Crippen molar-refractivity contribution >= 4 is 46.3 Å². The molecule has 102 valence electrons. The molecule has 6 heteroatoms. The largest absolute Gasteiger partial charge is 0.393 e. The van der Waals surface area contributed by atoms with Gasteiger partial charge in [-0.1, -0.05) is 41.8 Å². The molecule has 1 saturated carbocycles. The van der Waals surface area contributed by atoms with E-state index in [2.05, 4.69) is 5.32 Å². The number of rotatable bonds is 3. The fourth-order valence-corrected chi connectivity index (χ4v) is 3.22. The minimum Gasteiger partial charge on any atom is -0.393 e. The number of thiocarbonyl (C=S) groups is 1. The number of hydrogen-bond donors (Lipinski definition) is 2. The van der Waals surface area contributed by atoms with Crippen molar-refractivity contribution in [1.82, 2.24) is 5.32 Å². The zero-order valence-corrected chi connectivity index (χ0v) is 12.5. The lowest BCUT2D eigenvalue weighted by Gasteiger charge is -2.20. The average molecular weight is 317 g/mol. The van der Waals surface area contributed by atoms with E-state index in [-0.39, 0.29) is 17.9 Å². The number of amides is 1. The molecule has 0 aromatic heterocycles. The van der Waals surface area contributed by atoms with Gasteiger partial charge in [0, 0.05) is 27.6 Å². The first-order valence-electron chi connectivity index (χ1n) is 6.03. The van der Waals surface area contributed by atoms with E-state index in [0.717, 1.165) is 19.3 Å². The van der Waals surface area contributed by atoms with Gasteiger partial charge in [0.1, 0.15) is 0 Å². The third-order valence-electron chi connectivity index (χ3n) is 3.32. The van der Waals surface area contributed by atoms with Crippen LogP contribution in [0.15, 0.2) is 18.2 Å². The van der Waals surface area contributed by atoms with Crippen molar-refractivity contribution in [3.05, 3.63) is 33.8 Å². The van der Waals surface area contributed by atoms with Gasteiger partial charge in [0.2, 0.25) is 0 Å². The monoisotopic (exact) mass is 316 g/mol. The fourth-order valence-electron chi connectivity index (χ4n) is 2.41. The molecule has 2 atom stereocenters. The highest BCUT2D eigenvalue weighted by atomic mass is 35.5. The molecule has 0 aliphatic heterocycles. The first-order valence-corrected chi connectivity index (χ1v) is 7.20. The van der Waals surface area contributed by atoms with Gasteiger partial charge >= 0.3 is 0 Å². The van der Waals surface area contributed by atoms with Crippen molar-refractivity contribution in [3.63, 3.8) is 0 Å². The van der Waals surface area contributed by atoms with E-state index in [1.54, 1.807) is 18.2 Å². The van der Waals surface area contributed by atoms with Crippen LogP contribution in [0.25, 0.3) is 0 Å². The topological polar surface area (TPSA) is 55.1 Å². The Morgan fingerprint density at radius 3 is 2.47 bits per heavy atom. The van der Waals surface area contributed by atoms with E-state index in [1.165, 1.54) is 0 Å². The van der Waals surface area contributed by atoms with Gasteiger partial charge in [-0.2, -0.15) is 0 Å². The highest BCUT2D eigenvalue weighted by molar-refractivity contribution is 7.80. The normalized spacial score (nSPS) is 22.2. The van der Waals surface area contributed by atoms with Crippen molar-refractivity contribution in [2.45, 2.75) is 25.3 Å². The third-order valence-corrected chi connectivity index (χ3v) is 4.06. The van der Waals surface area contributed by atoms with Gasteiger partial charge in [-0.3, -0.25) is 4.79 Å². The molecule has 3 N–H and O–H groups in total. The standard InChI is InChI=1S/C13H14Cl2N2OS/c14-8-4-7(5-9(15)6-8)13(18)17-11-3-1-2-10(11)12(16)19/h4-6,10-11H,1-3H2,(H2,16,19)(H,17,18). The first-order chi connectivity index (χ1) is 8.97. The predicted molar refractivity (Wildman–Crippen MR) is 81.8 cm³/mol. The quantitative estimate of drug-likeness (QED) is 0.842. The van der Waals surface area contributed by atoms with Crippen molar-refractivity contribution in [2.75, 3.05) is 0 Å². The highest BCUT2D eigenvalue weighted by Crippen LogP contribution is 2.26. The molecule has 1 aromatic rings. The molecule has 1 aromatic carbocycles. The van der Waals surface area contributed by atoms with Crippen molar-refractivity contribution in [2.24, 2.45) is 11.7 Å². The smallest absolute Gasteiger partial charge is 0.251 e. The second-order valence-electron chi connectivity index (χ2n) is 4.68. The maximum Gasteiger partial charge on any atom is 0.251 e. The average Bonchev–Trinajstić information content (AvgIpc) is 2.75. The summed E-state index contributed by atoms with van der Waals surface area (Å²) < 4.78 is 0. The second-order valence-corrected chi connectivity index (χ2v) is 6.02. The van der Waals surface area contributed by atoms with Crippen LogP contribution in [-0.4, -0.2) is 16.9 Å². The van der Waals surface area contributed by atoms with Crippen LogP contribution in [-0.2, 0) is 0 Å². The van der Waals surface area contributed by atoms with Crippen LogP contribution < -0.4 is 11.1 Å². The van der Waals surface area contributed by atoms with E-state index < -0.39 is 0 Å². The Kier molecular flexibility index (Phi) is 4.66. The van der Waals surface area contributed by atoms with E-state index in [0.29, 0.717) is 20.6 Å². The number of carbonyl (C=O) groups excluding carboxylic acids is 1. The first kappa shape index (κ1) is 14.6. The molecule has 1 fully saturated rings. The van der Waals surface area contributed by atoms with Gasteiger partial charge in [0.05, 0.1) is 4.99 Å². The van der Waals surface area contributed by atoms with E-state index in [4.69, 9.17) is 41.2 Å². The van der Waals surface area contributed by atoms with Gasteiger partial charge in [-0.05, 0) is 31.0 Å². The van der Waals surface area contributed by atoms with Gasteiger partial charge < -0.3 is 11.1 Å². The summed E-state index contributed by atoms with van der Waals surface area (Å²) in [4.78, 5) is 12.6. The molecule has 2 rings (SSSR count). The van der Waals surface area contributed by atoms with Gasteiger partial charge in [0.15, 0.2) is 0 Å². The Morgan fingerprint density at radius 1 is 1.26 bits per heavy atom. The summed E-state index contributed by atoms with van der Waals surface area (Å²) in [6.07, 6.45) is 2.84. The molecule has 0 radical (unpaired) electrons. The summed E-state index contributed by atoms with van der Waals surface area (Å²) >= 11 is 16.8. The Bertz CT molecular complexity index is 501. The second kappa shape index (κ2) is 6.07. The molecule has 2 unspecified atom stereocenters. The number of benzene rings is 1. The predicted octanol–water partition coefficient (Wildman–Crippen LogP) is 3.18. The Morgan fingerprint density at radius 2 is 1.89 bits per heavy atom. The highest BCUT2D eigenvalue weighted by Gasteiger charge is 2.30. The number of nitrogens with two attached hydrogens (primary N) is 1. The molecule has 19 heavy (non-hydrogen) atoms. The summed E-state index contributed by atoms with van der Waals surface area (Å²) in [5, 5.41) is 3.84. The SMILES string of the molecule is NC(=S)C1CCCC1NC(=O)c1cc(Cl)cc(Cl)c1. The minimum absolute atomic E-state index is 0.00255. The van der Waals surface area contributed by atoms with Crippen LogP contribution in [0.4, 0.5) is 0 Å². The Labute approximate surface area is 127 Å². The third kappa shape index (κ3) is 3.59. The minimum atomic E-state index is -0.197.